The number of benzene rings is 2. The largest absolute Gasteiger partial charge is 0.493 e. The minimum atomic E-state index is -1.04. The number of hydrogen-bond donors (Lipinski definition) is 2. The molecule has 2 aromatic carbocycles. The van der Waals surface area contributed by atoms with Crippen LogP contribution in [0.4, 0.5) is 0 Å². The van der Waals surface area contributed by atoms with Gasteiger partial charge in [-0.05, 0) is 35.9 Å². The van der Waals surface area contributed by atoms with E-state index < -0.39 is 11.2 Å². The average molecular weight is 443 g/mol. The number of hydrogen-bond acceptors (Lipinski definition) is 8. The number of ether oxygens (including phenoxy) is 3. The molecule has 0 aliphatic carbocycles. The zero-order valence-electron chi connectivity index (χ0n) is 16.7. The van der Waals surface area contributed by atoms with Gasteiger partial charge in [-0.3, -0.25) is 9.59 Å². The summed E-state index contributed by atoms with van der Waals surface area (Å²) in [5, 5.41) is 18.8. The number of carboxylic acid groups (broad SMARTS) is 1. The summed E-state index contributed by atoms with van der Waals surface area (Å²) in [6, 6.07) is 14.8. The molecule has 0 radical (unpaired) electrons. The third kappa shape index (κ3) is 6.75. The molecule has 0 saturated carbocycles. The summed E-state index contributed by atoms with van der Waals surface area (Å²) in [5.74, 6) is 0.440. The molecule has 10 heteroatoms. The van der Waals surface area contributed by atoms with Crippen molar-refractivity contribution in [3.05, 3.63) is 54.1 Å². The van der Waals surface area contributed by atoms with Gasteiger partial charge in [0.2, 0.25) is 5.91 Å². The van der Waals surface area contributed by atoms with Gasteiger partial charge in [-0.15, -0.1) is 5.10 Å². The van der Waals surface area contributed by atoms with Gasteiger partial charge in [0.15, 0.2) is 16.7 Å². The van der Waals surface area contributed by atoms with Crippen LogP contribution in [0.2, 0.25) is 0 Å². The summed E-state index contributed by atoms with van der Waals surface area (Å²) in [5.41, 5.74) is 0.713. The second-order valence-electron chi connectivity index (χ2n) is 6.26. The third-order valence-electron chi connectivity index (χ3n) is 4.03. The van der Waals surface area contributed by atoms with Crippen LogP contribution in [0.3, 0.4) is 0 Å². The Bertz CT molecular complexity index is 980. The predicted molar refractivity (Wildman–Crippen MR) is 117 cm³/mol. The number of amidine groups is 1. The van der Waals surface area contributed by atoms with Gasteiger partial charge < -0.3 is 24.6 Å². The van der Waals surface area contributed by atoms with Crippen molar-refractivity contribution < 1.29 is 28.9 Å². The molecule has 31 heavy (non-hydrogen) atoms. The first-order valence-electron chi connectivity index (χ1n) is 9.34. The van der Waals surface area contributed by atoms with Gasteiger partial charge >= 0.3 is 5.97 Å². The maximum atomic E-state index is 11.7. The second kappa shape index (κ2) is 11.0. The van der Waals surface area contributed by atoms with Crippen molar-refractivity contribution in [3.8, 4) is 17.2 Å². The van der Waals surface area contributed by atoms with Crippen molar-refractivity contribution >= 4 is 35.0 Å². The number of methoxy groups -OCH3 is 1. The molecule has 2 N–H and O–H groups in total. The number of thioether (sulfide) groups is 1. The molecule has 162 valence electrons. The Morgan fingerprint density at radius 2 is 1.94 bits per heavy atom. The molecule has 1 saturated heterocycles. The molecule has 0 spiro atoms. The smallest absolute Gasteiger partial charge is 0.305 e. The number of amides is 1. The van der Waals surface area contributed by atoms with E-state index in [0.29, 0.717) is 30.3 Å². The van der Waals surface area contributed by atoms with Crippen molar-refractivity contribution in [2.75, 3.05) is 20.3 Å². The Balaban J connectivity index is 1.53. The van der Waals surface area contributed by atoms with Crippen LogP contribution >= 0.6 is 11.8 Å². The standard InChI is InChI=1S/C21H21N3O6S/c1-28-17-11-14(13-22-24-21-23-20(27)18(31-21)12-19(25)26)7-8-16(17)30-10-9-29-15-5-3-2-4-6-15/h2-8,11,13,18H,9-10,12H2,1H3,(H,25,26)(H,23,24,27). The third-order valence-corrected chi connectivity index (χ3v) is 5.10. The first kappa shape index (κ1) is 22.2. The van der Waals surface area contributed by atoms with Crippen LogP contribution in [0.15, 0.2) is 58.7 Å². The lowest BCUT2D eigenvalue weighted by molar-refractivity contribution is -0.138. The highest BCUT2D eigenvalue weighted by Gasteiger charge is 2.32. The van der Waals surface area contributed by atoms with Gasteiger partial charge in [-0.2, -0.15) is 5.10 Å². The van der Waals surface area contributed by atoms with Gasteiger partial charge in [0.25, 0.3) is 0 Å². The molecule has 1 aliphatic heterocycles. The van der Waals surface area contributed by atoms with Gasteiger partial charge in [-0.1, -0.05) is 30.0 Å². The summed E-state index contributed by atoms with van der Waals surface area (Å²) >= 11 is 1.04. The highest BCUT2D eigenvalue weighted by atomic mass is 32.2. The molecule has 1 atom stereocenters. The van der Waals surface area contributed by atoms with E-state index in [0.717, 1.165) is 17.5 Å². The highest BCUT2D eigenvalue weighted by molar-refractivity contribution is 8.15. The van der Waals surface area contributed by atoms with Gasteiger partial charge in [0, 0.05) is 0 Å². The number of carbonyl (C=O) groups excluding carboxylic acids is 1. The molecular weight excluding hydrogens is 422 g/mol. The summed E-state index contributed by atoms with van der Waals surface area (Å²) in [6.45, 7) is 0.737. The van der Waals surface area contributed by atoms with E-state index >= 15 is 0 Å². The monoisotopic (exact) mass is 443 g/mol. The number of aliphatic carboxylic acids is 1. The summed E-state index contributed by atoms with van der Waals surface area (Å²) in [7, 11) is 1.54. The molecule has 1 amide bonds. The van der Waals surface area contributed by atoms with Crippen LogP contribution < -0.4 is 19.5 Å². The first-order chi connectivity index (χ1) is 15.0. The molecule has 1 fully saturated rings. The maximum absolute atomic E-state index is 11.7. The van der Waals surface area contributed by atoms with Crippen LogP contribution in [0, 0.1) is 0 Å². The van der Waals surface area contributed by atoms with Crippen molar-refractivity contribution in [2.24, 2.45) is 10.2 Å². The minimum Gasteiger partial charge on any atom is -0.493 e. The number of carboxylic acids is 1. The molecule has 1 aliphatic rings. The van der Waals surface area contributed by atoms with Gasteiger partial charge in [-0.25, -0.2) is 0 Å². The fourth-order valence-electron chi connectivity index (χ4n) is 2.60. The second-order valence-corrected chi connectivity index (χ2v) is 7.46. The van der Waals surface area contributed by atoms with E-state index in [-0.39, 0.29) is 17.5 Å². The lowest BCUT2D eigenvalue weighted by Crippen LogP contribution is -2.26. The number of rotatable bonds is 10. The quantitative estimate of drug-likeness (QED) is 0.329. The van der Waals surface area contributed by atoms with Crippen LogP contribution in [0.1, 0.15) is 12.0 Å². The number of nitrogens with one attached hydrogen (secondary N) is 1. The maximum Gasteiger partial charge on any atom is 0.305 e. The Morgan fingerprint density at radius 1 is 1.16 bits per heavy atom. The molecule has 9 nitrogen and oxygen atoms in total. The lowest BCUT2D eigenvalue weighted by Gasteiger charge is -2.12. The van der Waals surface area contributed by atoms with Crippen molar-refractivity contribution in [3.63, 3.8) is 0 Å². The van der Waals surface area contributed by atoms with Crippen molar-refractivity contribution in [1.29, 1.82) is 0 Å². The van der Waals surface area contributed by atoms with Gasteiger partial charge in [0.05, 0.1) is 19.7 Å². The predicted octanol–water partition coefficient (Wildman–Crippen LogP) is 2.55. The zero-order chi connectivity index (χ0) is 22.1. The molecule has 1 heterocycles. The highest BCUT2D eigenvalue weighted by Crippen LogP contribution is 2.27. The summed E-state index contributed by atoms with van der Waals surface area (Å²) in [6.07, 6.45) is 1.23. The molecule has 3 rings (SSSR count). The van der Waals surface area contributed by atoms with E-state index in [1.165, 1.54) is 13.3 Å². The van der Waals surface area contributed by atoms with Crippen LogP contribution in [0.25, 0.3) is 0 Å². The van der Waals surface area contributed by atoms with E-state index in [1.807, 2.05) is 30.3 Å². The molecule has 1 unspecified atom stereocenters. The first-order valence-corrected chi connectivity index (χ1v) is 10.2. The Labute approximate surface area is 183 Å². The van der Waals surface area contributed by atoms with Crippen molar-refractivity contribution in [1.82, 2.24) is 5.32 Å². The SMILES string of the molecule is COc1cc(C=NN=C2NC(=O)C(CC(=O)O)S2)ccc1OCCOc1ccccc1. The van der Waals surface area contributed by atoms with Crippen LogP contribution in [-0.2, 0) is 9.59 Å². The van der Waals surface area contributed by atoms with E-state index in [4.69, 9.17) is 19.3 Å². The minimum absolute atomic E-state index is 0.262. The molecular formula is C21H21N3O6S. The zero-order valence-corrected chi connectivity index (χ0v) is 17.5. The van der Waals surface area contributed by atoms with E-state index in [2.05, 4.69) is 15.5 Å². The topological polar surface area (TPSA) is 119 Å². The molecule has 2 aromatic rings. The van der Waals surface area contributed by atoms with Crippen molar-refractivity contribution in [2.45, 2.75) is 11.7 Å². The van der Waals surface area contributed by atoms with Crippen LogP contribution in [0.5, 0.6) is 17.2 Å². The summed E-state index contributed by atoms with van der Waals surface area (Å²) < 4.78 is 16.7. The number of para-hydroxylation sites is 1. The fraction of sp³-hybridized carbons (Fsp3) is 0.238. The van der Waals surface area contributed by atoms with E-state index in [1.54, 1.807) is 18.2 Å². The number of nitrogens with zero attached hydrogens (tertiary/aromatic N) is 2. The normalized spacial score (nSPS) is 17.0. The summed E-state index contributed by atoms with van der Waals surface area (Å²) in [4.78, 5) is 22.4. The Hall–Kier alpha value is -3.53. The van der Waals surface area contributed by atoms with E-state index in [9.17, 15) is 9.59 Å². The molecule has 0 bridgehead atoms. The average Bonchev–Trinajstić information content (AvgIpc) is 3.10. The Kier molecular flexibility index (Phi) is 7.88. The van der Waals surface area contributed by atoms with Gasteiger partial charge in [0.1, 0.15) is 24.2 Å². The van der Waals surface area contributed by atoms with Crippen LogP contribution in [-0.4, -0.2) is 53.9 Å². The fourth-order valence-corrected chi connectivity index (χ4v) is 3.52. The lowest BCUT2D eigenvalue weighted by atomic mass is 10.2. The molecule has 0 aromatic heterocycles. The number of carbonyl (C=O) groups is 2. The Morgan fingerprint density at radius 3 is 2.68 bits per heavy atom.